The number of nitrogens with one attached hydrogen (secondary N) is 1. The lowest BCUT2D eigenvalue weighted by Crippen LogP contribution is -2.30. The van der Waals surface area contributed by atoms with Gasteiger partial charge in [0.2, 0.25) is 5.91 Å². The van der Waals surface area contributed by atoms with E-state index in [1.807, 2.05) is 0 Å². The minimum Gasteiger partial charge on any atom is -0.497 e. The van der Waals surface area contributed by atoms with Crippen LogP contribution >= 0.6 is 0 Å². The zero-order chi connectivity index (χ0) is 15.7. The van der Waals surface area contributed by atoms with Gasteiger partial charge in [0.25, 0.3) is 0 Å². The van der Waals surface area contributed by atoms with Gasteiger partial charge in [0.15, 0.2) is 6.10 Å². The van der Waals surface area contributed by atoms with Gasteiger partial charge >= 0.3 is 5.97 Å². The maximum Gasteiger partial charge on any atom is 0.332 e. The van der Waals surface area contributed by atoms with E-state index in [1.54, 1.807) is 31.4 Å². The second-order valence-corrected chi connectivity index (χ2v) is 4.27. The largest absolute Gasteiger partial charge is 0.497 e. The summed E-state index contributed by atoms with van der Waals surface area (Å²) >= 11 is 0. The summed E-state index contributed by atoms with van der Waals surface area (Å²) in [5, 5.41) is 20.0. The van der Waals surface area contributed by atoms with Crippen molar-refractivity contribution < 1.29 is 29.3 Å². The molecule has 7 heteroatoms. The lowest BCUT2D eigenvalue weighted by atomic mass is 10.2. The molecule has 7 nitrogen and oxygen atoms in total. The number of amides is 1. The van der Waals surface area contributed by atoms with Gasteiger partial charge < -0.3 is 25.0 Å². The molecule has 1 amide bonds. The molecule has 0 aliphatic carbocycles. The highest BCUT2D eigenvalue weighted by atomic mass is 16.5. The summed E-state index contributed by atoms with van der Waals surface area (Å²) in [6, 6.07) is 6.98. The Hall–Kier alpha value is -2.28. The summed E-state index contributed by atoms with van der Waals surface area (Å²) in [5.74, 6) is -0.213. The Kier molecular flexibility index (Phi) is 7.03. The molecule has 0 fully saturated rings. The van der Waals surface area contributed by atoms with E-state index in [9.17, 15) is 9.59 Å². The molecule has 0 aromatic heterocycles. The lowest BCUT2D eigenvalue weighted by Gasteiger charge is -2.09. The molecule has 1 unspecified atom stereocenters. The van der Waals surface area contributed by atoms with E-state index in [0.717, 1.165) is 5.75 Å². The van der Waals surface area contributed by atoms with Crippen molar-refractivity contribution in [3.8, 4) is 11.5 Å². The monoisotopic (exact) mass is 297 g/mol. The number of aliphatic hydroxyl groups excluding tert-OH is 1. The fraction of sp³-hybridized carbons (Fsp3) is 0.429. The van der Waals surface area contributed by atoms with Crippen molar-refractivity contribution >= 4 is 11.9 Å². The number of carboxylic acids is 1. The molecule has 3 N–H and O–H groups in total. The number of carboxylic acid groups (broad SMARTS) is 1. The quantitative estimate of drug-likeness (QED) is 0.610. The Balaban J connectivity index is 2.16. The van der Waals surface area contributed by atoms with Crippen molar-refractivity contribution in [1.82, 2.24) is 5.32 Å². The molecule has 1 atom stereocenters. The SMILES string of the molecule is COc1ccc(OCCC(=O)NCCC(O)C(=O)O)cc1. The molecular weight excluding hydrogens is 278 g/mol. The van der Waals surface area contributed by atoms with Gasteiger partial charge in [0.1, 0.15) is 11.5 Å². The zero-order valence-corrected chi connectivity index (χ0v) is 11.7. The van der Waals surface area contributed by atoms with Gasteiger partial charge in [-0.3, -0.25) is 4.79 Å². The third-order valence-electron chi connectivity index (χ3n) is 2.68. The van der Waals surface area contributed by atoms with Crippen molar-refractivity contribution in [2.75, 3.05) is 20.3 Å². The van der Waals surface area contributed by atoms with Crippen molar-refractivity contribution in [3.63, 3.8) is 0 Å². The standard InChI is InChI=1S/C14H19NO6/c1-20-10-2-4-11(5-3-10)21-9-7-13(17)15-8-6-12(16)14(18)19/h2-5,12,16H,6-9H2,1H3,(H,15,17)(H,18,19). The first-order valence-corrected chi connectivity index (χ1v) is 6.47. The van der Waals surface area contributed by atoms with Crippen LogP contribution in [0.4, 0.5) is 0 Å². The van der Waals surface area contributed by atoms with Crippen LogP contribution in [-0.2, 0) is 9.59 Å². The van der Waals surface area contributed by atoms with E-state index in [-0.39, 0.29) is 31.9 Å². The first-order valence-electron chi connectivity index (χ1n) is 6.47. The van der Waals surface area contributed by atoms with Crippen LogP contribution in [0.2, 0.25) is 0 Å². The molecule has 0 radical (unpaired) electrons. The summed E-state index contributed by atoms with van der Waals surface area (Å²) in [4.78, 5) is 21.8. The van der Waals surface area contributed by atoms with Crippen molar-refractivity contribution in [3.05, 3.63) is 24.3 Å². The van der Waals surface area contributed by atoms with Gasteiger partial charge in [-0.15, -0.1) is 0 Å². The predicted octanol–water partition coefficient (Wildman–Crippen LogP) is 0.416. The molecule has 0 aliphatic heterocycles. The van der Waals surface area contributed by atoms with Gasteiger partial charge in [-0.1, -0.05) is 0 Å². The number of hydrogen-bond acceptors (Lipinski definition) is 5. The van der Waals surface area contributed by atoms with E-state index in [0.29, 0.717) is 5.75 Å². The van der Waals surface area contributed by atoms with Crippen molar-refractivity contribution in [2.45, 2.75) is 18.9 Å². The Morgan fingerprint density at radius 2 is 1.86 bits per heavy atom. The molecule has 1 aromatic carbocycles. The Morgan fingerprint density at radius 1 is 1.24 bits per heavy atom. The number of carbonyl (C=O) groups excluding carboxylic acids is 1. The first-order chi connectivity index (χ1) is 10.0. The van der Waals surface area contributed by atoms with Crippen LogP contribution in [-0.4, -0.2) is 48.5 Å². The average molecular weight is 297 g/mol. The third-order valence-corrected chi connectivity index (χ3v) is 2.68. The van der Waals surface area contributed by atoms with Gasteiger partial charge in [-0.25, -0.2) is 4.79 Å². The van der Waals surface area contributed by atoms with Gasteiger partial charge in [0, 0.05) is 13.0 Å². The number of aliphatic carboxylic acids is 1. The highest BCUT2D eigenvalue weighted by Gasteiger charge is 2.12. The number of carbonyl (C=O) groups is 2. The number of aliphatic hydroxyl groups is 1. The molecule has 0 heterocycles. The molecule has 116 valence electrons. The Morgan fingerprint density at radius 3 is 2.43 bits per heavy atom. The van der Waals surface area contributed by atoms with Crippen LogP contribution < -0.4 is 14.8 Å². The molecule has 0 aliphatic rings. The van der Waals surface area contributed by atoms with Crippen LogP contribution in [0.25, 0.3) is 0 Å². The van der Waals surface area contributed by atoms with Crippen LogP contribution in [0.3, 0.4) is 0 Å². The van der Waals surface area contributed by atoms with E-state index in [4.69, 9.17) is 19.7 Å². The van der Waals surface area contributed by atoms with Crippen LogP contribution in [0.1, 0.15) is 12.8 Å². The van der Waals surface area contributed by atoms with Crippen molar-refractivity contribution in [1.29, 1.82) is 0 Å². The van der Waals surface area contributed by atoms with Crippen LogP contribution in [0.5, 0.6) is 11.5 Å². The maximum atomic E-state index is 11.4. The maximum absolute atomic E-state index is 11.4. The molecule has 0 spiro atoms. The number of ether oxygens (including phenoxy) is 2. The Labute approximate surface area is 122 Å². The second kappa shape index (κ2) is 8.80. The van der Waals surface area contributed by atoms with E-state index >= 15 is 0 Å². The predicted molar refractivity (Wildman–Crippen MR) is 74.4 cm³/mol. The van der Waals surface area contributed by atoms with Gasteiger partial charge in [-0.05, 0) is 24.3 Å². The lowest BCUT2D eigenvalue weighted by molar-refractivity contribution is -0.147. The second-order valence-electron chi connectivity index (χ2n) is 4.27. The smallest absolute Gasteiger partial charge is 0.332 e. The summed E-state index contributed by atoms with van der Waals surface area (Å²) in [6.45, 7) is 0.314. The van der Waals surface area contributed by atoms with E-state index in [1.165, 1.54) is 0 Å². The molecule has 0 bridgehead atoms. The number of benzene rings is 1. The minimum absolute atomic E-state index is 0.0274. The van der Waals surface area contributed by atoms with E-state index < -0.39 is 12.1 Å². The fourth-order valence-electron chi connectivity index (χ4n) is 1.49. The number of hydrogen-bond donors (Lipinski definition) is 3. The number of rotatable bonds is 9. The Bertz CT molecular complexity index is 459. The third kappa shape index (κ3) is 6.62. The van der Waals surface area contributed by atoms with Crippen LogP contribution in [0, 0.1) is 0 Å². The summed E-state index contributed by atoms with van der Waals surface area (Å²) in [6.07, 6.45) is -1.34. The molecular formula is C14H19NO6. The normalized spacial score (nSPS) is 11.5. The zero-order valence-electron chi connectivity index (χ0n) is 11.7. The minimum atomic E-state index is -1.46. The summed E-state index contributed by atoms with van der Waals surface area (Å²) in [7, 11) is 1.57. The van der Waals surface area contributed by atoms with Crippen LogP contribution in [0.15, 0.2) is 24.3 Å². The summed E-state index contributed by atoms with van der Waals surface area (Å²) in [5.41, 5.74) is 0. The van der Waals surface area contributed by atoms with Crippen molar-refractivity contribution in [2.24, 2.45) is 0 Å². The van der Waals surface area contributed by atoms with E-state index in [2.05, 4.69) is 5.32 Å². The molecule has 21 heavy (non-hydrogen) atoms. The molecule has 0 saturated heterocycles. The van der Waals surface area contributed by atoms with Gasteiger partial charge in [-0.2, -0.15) is 0 Å². The van der Waals surface area contributed by atoms with Gasteiger partial charge in [0.05, 0.1) is 20.1 Å². The summed E-state index contributed by atoms with van der Waals surface area (Å²) < 4.78 is 10.4. The fourth-order valence-corrected chi connectivity index (χ4v) is 1.49. The molecule has 1 aromatic rings. The average Bonchev–Trinajstić information content (AvgIpc) is 2.47. The molecule has 1 rings (SSSR count). The first kappa shape index (κ1) is 16.8. The molecule has 0 saturated carbocycles. The topological polar surface area (TPSA) is 105 Å². The highest BCUT2D eigenvalue weighted by Crippen LogP contribution is 2.16. The number of methoxy groups -OCH3 is 1. The highest BCUT2D eigenvalue weighted by molar-refractivity contribution is 5.76.